The summed E-state index contributed by atoms with van der Waals surface area (Å²) in [5.74, 6) is -9.99. The molecule has 3 unspecified atom stereocenters. The second-order valence-electron chi connectivity index (χ2n) is 32.4. The van der Waals surface area contributed by atoms with Crippen molar-refractivity contribution in [2.75, 3.05) is 94.8 Å². The number of hydrogen-bond acceptors (Lipinski definition) is 13. The zero-order chi connectivity index (χ0) is 76.2. The summed E-state index contributed by atoms with van der Waals surface area (Å²) >= 11 is 6.44. The Bertz CT molecular complexity index is 3050. The second-order valence-corrected chi connectivity index (χ2v) is 32.9. The first-order chi connectivity index (χ1) is 49.2. The number of likely N-dealkylation sites (N-methyl/N-ethyl adjacent to an activating group) is 6. The summed E-state index contributed by atoms with van der Waals surface area (Å²) in [6.07, 6.45) is 4.88. The van der Waals surface area contributed by atoms with Crippen molar-refractivity contribution in [2.24, 2.45) is 41.4 Å². The number of carbonyl (C=O) groups excluding carboxylic acids is 12. The standard InChI is InChI=1S/C75H120ClF3N12O13/c1-12-48(5)63-71(101)84(7)45-62(94)85(8)56-22-15-18-34-91(70(56)100)59(42-50-26-24-47(4)25-27-50)68(98)83(6)44-60(92)80-54(31-29-49-28-30-52(53(76)41-49)75(77,78)79)67(97)90-35-19-23-55(90)66(96)82-74(32-16-17-33-74)73(103)88(11)64(51-20-13-14-21-51)72(102)87(10)58(69(99)89-36-38-104-39-37-89)43-61(93)86(9)57(40-46(2)3)65(95)81-63/h46-59,63-64H,12-45H2,1-11H3,(H,80,92)(H,81,95)(H,82,96)/t47?,48-,49?,50?,52?,53?,54-,55-,56-,57-,58-,59-,63-,64-/m0/s1. The molecule has 1 spiro atoms. The largest absolute Gasteiger partial charge is 0.393 e. The average Bonchev–Trinajstić information content (AvgIpc) is 1.46. The van der Waals surface area contributed by atoms with E-state index in [4.69, 9.17) is 16.3 Å². The highest BCUT2D eigenvalue weighted by atomic mass is 35.5. The third-order valence-electron chi connectivity index (χ3n) is 24.5. The zero-order valence-corrected chi connectivity index (χ0v) is 64.4. The Kier molecular flexibility index (Phi) is 29.6. The quantitative estimate of drug-likeness (QED) is 0.197. The van der Waals surface area contributed by atoms with E-state index in [9.17, 15) is 32.3 Å². The predicted molar refractivity (Wildman–Crippen MR) is 383 cm³/mol. The molecule has 8 fully saturated rings. The monoisotopic (exact) mass is 1490 g/mol. The molecule has 3 N–H and O–H groups in total. The minimum absolute atomic E-state index is 0.00171. The Labute approximate surface area is 618 Å². The molecule has 4 heterocycles. The minimum Gasteiger partial charge on any atom is -0.378 e. The molecule has 8 aliphatic rings. The first-order valence-electron chi connectivity index (χ1n) is 38.8. The van der Waals surface area contributed by atoms with Crippen molar-refractivity contribution < 1.29 is 75.4 Å². The molecule has 0 aromatic carbocycles. The summed E-state index contributed by atoms with van der Waals surface area (Å²) in [5, 5.41) is 7.70. The van der Waals surface area contributed by atoms with Gasteiger partial charge in [0.15, 0.2) is 0 Å². The van der Waals surface area contributed by atoms with Gasteiger partial charge in [-0.2, -0.15) is 13.2 Å². The molecular formula is C75H120ClF3N12O13. The molecule has 25 nitrogen and oxygen atoms in total. The summed E-state index contributed by atoms with van der Waals surface area (Å²) in [6.45, 7) is 9.41. The second kappa shape index (κ2) is 37.0. The van der Waals surface area contributed by atoms with E-state index < -0.39 is 174 Å². The third kappa shape index (κ3) is 20.3. The smallest absolute Gasteiger partial charge is 0.378 e. The number of hydrogen-bond donors (Lipinski definition) is 3. The van der Waals surface area contributed by atoms with E-state index in [1.165, 1.54) is 86.4 Å². The predicted octanol–water partition coefficient (Wildman–Crippen LogP) is 6.11. The highest BCUT2D eigenvalue weighted by Gasteiger charge is 2.53. The van der Waals surface area contributed by atoms with Crippen molar-refractivity contribution in [3.05, 3.63) is 0 Å². The summed E-state index contributed by atoms with van der Waals surface area (Å²) in [6, 6.07) is -9.66. The molecule has 12 atom stereocenters. The van der Waals surface area contributed by atoms with Crippen molar-refractivity contribution in [1.82, 2.24) is 60.0 Å². The minimum atomic E-state index is -4.51. The van der Waals surface area contributed by atoms with Crippen LogP contribution in [0.15, 0.2) is 0 Å². The lowest BCUT2D eigenvalue weighted by molar-refractivity contribution is -0.182. The van der Waals surface area contributed by atoms with E-state index in [2.05, 4.69) is 22.9 Å². The van der Waals surface area contributed by atoms with Crippen LogP contribution >= 0.6 is 11.6 Å². The molecule has 4 saturated carbocycles. The number of halogens is 4. The van der Waals surface area contributed by atoms with Crippen LogP contribution in [0.1, 0.15) is 202 Å². The van der Waals surface area contributed by atoms with E-state index in [-0.39, 0.29) is 128 Å². The molecule has 12 amide bonds. The fraction of sp³-hybridized carbons (Fsp3) is 0.840. The lowest BCUT2D eigenvalue weighted by Crippen LogP contribution is -2.65. The number of nitrogens with one attached hydrogen (secondary N) is 3. The molecule has 4 aliphatic heterocycles. The number of carbonyl (C=O) groups is 12. The van der Waals surface area contributed by atoms with Gasteiger partial charge in [-0.25, -0.2) is 0 Å². The highest BCUT2D eigenvalue weighted by Crippen LogP contribution is 2.44. The Balaban J connectivity index is 1.18. The van der Waals surface area contributed by atoms with Gasteiger partial charge in [0.1, 0.15) is 53.9 Å². The molecule has 2 bridgehead atoms. The van der Waals surface area contributed by atoms with Crippen LogP contribution in [0.5, 0.6) is 0 Å². The lowest BCUT2D eigenvalue weighted by atomic mass is 9.78. The number of alkyl halides is 4. The molecular weight excluding hydrogens is 1370 g/mol. The molecule has 0 aromatic rings. The van der Waals surface area contributed by atoms with Crippen LogP contribution in [-0.2, 0) is 62.3 Å². The maximum Gasteiger partial charge on any atom is 0.393 e. The summed E-state index contributed by atoms with van der Waals surface area (Å²) in [5.41, 5.74) is -1.56. The third-order valence-corrected chi connectivity index (χ3v) is 25.0. The van der Waals surface area contributed by atoms with E-state index in [1.807, 2.05) is 20.8 Å². The zero-order valence-electron chi connectivity index (χ0n) is 63.6. The number of nitrogens with zero attached hydrogens (tertiary/aromatic N) is 9. The van der Waals surface area contributed by atoms with Crippen LogP contribution in [-0.4, -0.2) is 275 Å². The maximum atomic E-state index is 15.8. The van der Waals surface area contributed by atoms with Gasteiger partial charge in [-0.15, -0.1) is 11.6 Å². The van der Waals surface area contributed by atoms with Crippen molar-refractivity contribution in [2.45, 2.75) is 267 Å². The van der Waals surface area contributed by atoms with Crippen LogP contribution in [0.2, 0.25) is 0 Å². The molecule has 4 aliphatic carbocycles. The Morgan fingerprint density at radius 2 is 1.22 bits per heavy atom. The molecule has 0 radical (unpaired) electrons. The number of fused-ring (bicyclic) bond motifs is 3. The fourth-order valence-corrected chi connectivity index (χ4v) is 18.2. The van der Waals surface area contributed by atoms with Gasteiger partial charge in [0.05, 0.1) is 38.6 Å². The van der Waals surface area contributed by atoms with Gasteiger partial charge in [0.2, 0.25) is 70.9 Å². The topological polar surface area (TPSA) is 279 Å². The molecule has 0 aromatic heterocycles. The normalized spacial score (nSPS) is 31.9. The van der Waals surface area contributed by atoms with Gasteiger partial charge < -0.3 is 64.8 Å². The highest BCUT2D eigenvalue weighted by molar-refractivity contribution is 6.21. The van der Waals surface area contributed by atoms with Crippen molar-refractivity contribution in [3.63, 3.8) is 0 Å². The SMILES string of the molecule is CC[C@H](C)[C@@H]1NC(=O)[C@H](CC(C)C)N(C)C(=O)C[C@@H](C(=O)N2CCOCC2)N(C)C(=O)[C@H](C2CCCC2)N(C)C(=O)C2(CCCC2)NC(=O)[C@@H]2CCCN2C(=O)[C@H](CCC2CCC(C(F)(F)F)C(Cl)C2)NC(=O)CN(C)C(=O)[C@H](CC2CCC(C)CC2)N2CCCC[C@@H](C2=O)N(C)C(=O)CN(C)C1=O. The van der Waals surface area contributed by atoms with Crippen molar-refractivity contribution in [1.29, 1.82) is 0 Å². The van der Waals surface area contributed by atoms with Gasteiger partial charge in [0.25, 0.3) is 0 Å². The number of morpholine rings is 1. The summed E-state index contributed by atoms with van der Waals surface area (Å²) in [7, 11) is 8.75. The van der Waals surface area contributed by atoms with Gasteiger partial charge in [-0.3, -0.25) is 57.5 Å². The molecule has 8 rings (SSSR count). The molecule has 4 saturated heterocycles. The number of ether oxygens (including phenoxy) is 1. The molecule has 104 heavy (non-hydrogen) atoms. The van der Waals surface area contributed by atoms with Gasteiger partial charge >= 0.3 is 6.18 Å². The first-order valence-corrected chi connectivity index (χ1v) is 39.3. The van der Waals surface area contributed by atoms with E-state index in [1.54, 1.807) is 6.92 Å². The average molecular weight is 1490 g/mol. The van der Waals surface area contributed by atoms with E-state index >= 15 is 38.4 Å². The Hall–Kier alpha value is -6.32. The van der Waals surface area contributed by atoms with Crippen LogP contribution in [0.3, 0.4) is 0 Å². The van der Waals surface area contributed by atoms with E-state index in [0.717, 1.165) is 38.5 Å². The summed E-state index contributed by atoms with van der Waals surface area (Å²) in [4.78, 5) is 194. The van der Waals surface area contributed by atoms with Crippen molar-refractivity contribution in [3.8, 4) is 0 Å². The fourth-order valence-electron chi connectivity index (χ4n) is 17.7. The number of rotatable bonds is 11. The number of amides is 12. The maximum absolute atomic E-state index is 15.8. The Morgan fingerprint density at radius 3 is 1.85 bits per heavy atom. The van der Waals surface area contributed by atoms with Crippen molar-refractivity contribution >= 4 is 82.5 Å². The Morgan fingerprint density at radius 1 is 0.606 bits per heavy atom. The molecule has 29 heteroatoms. The molecule has 586 valence electrons. The lowest BCUT2D eigenvalue weighted by Gasteiger charge is -2.42. The van der Waals surface area contributed by atoms with Crippen LogP contribution in [0.4, 0.5) is 13.2 Å². The first kappa shape index (κ1) is 83.3. The van der Waals surface area contributed by atoms with Gasteiger partial charge in [0, 0.05) is 73.8 Å². The van der Waals surface area contributed by atoms with Crippen LogP contribution in [0.25, 0.3) is 0 Å². The van der Waals surface area contributed by atoms with Gasteiger partial charge in [-0.1, -0.05) is 92.4 Å². The van der Waals surface area contributed by atoms with Crippen LogP contribution < -0.4 is 16.0 Å². The van der Waals surface area contributed by atoms with Gasteiger partial charge in [-0.05, 0) is 138 Å². The summed E-state index contributed by atoms with van der Waals surface area (Å²) < 4.78 is 47.8. The van der Waals surface area contributed by atoms with E-state index in [0.29, 0.717) is 57.3 Å². The van der Waals surface area contributed by atoms with Crippen LogP contribution in [0, 0.1) is 41.4 Å².